The zero-order chi connectivity index (χ0) is 11.1. The molecule has 0 spiro atoms. The van der Waals surface area contributed by atoms with Crippen molar-refractivity contribution in [3.05, 3.63) is 35.4 Å². The number of hydrogen-bond acceptors (Lipinski definition) is 2. The average molecular weight is 206 g/mol. The van der Waals surface area contributed by atoms with E-state index < -0.39 is 0 Å². The second-order valence-corrected chi connectivity index (χ2v) is 4.38. The third-order valence-electron chi connectivity index (χ3n) is 2.49. The zero-order valence-corrected chi connectivity index (χ0v) is 9.79. The highest BCUT2D eigenvalue weighted by Gasteiger charge is 1.95. The number of hydrogen-bond donors (Lipinski definition) is 2. The standard InChI is InChI=1S/C13H22N2/c1-11(2)7-8-15-10-13-5-3-12(9-14)4-6-13/h3-6,11,15H,7-10,14H2,1-2H3. The van der Waals surface area contributed by atoms with Crippen LogP contribution in [0.4, 0.5) is 0 Å². The van der Waals surface area contributed by atoms with E-state index >= 15 is 0 Å². The first-order chi connectivity index (χ1) is 7.22. The zero-order valence-electron chi connectivity index (χ0n) is 9.79. The predicted octanol–water partition coefficient (Wildman–Crippen LogP) is 2.28. The molecular formula is C13H22N2. The smallest absolute Gasteiger partial charge is 0.0205 e. The maximum Gasteiger partial charge on any atom is 0.0205 e. The van der Waals surface area contributed by atoms with Gasteiger partial charge in [0.15, 0.2) is 0 Å². The maximum absolute atomic E-state index is 5.54. The van der Waals surface area contributed by atoms with Gasteiger partial charge in [-0.1, -0.05) is 38.1 Å². The molecule has 0 aliphatic heterocycles. The van der Waals surface area contributed by atoms with Crippen LogP contribution in [0.5, 0.6) is 0 Å². The molecule has 2 nitrogen and oxygen atoms in total. The van der Waals surface area contributed by atoms with Gasteiger partial charge in [-0.25, -0.2) is 0 Å². The SMILES string of the molecule is CC(C)CCNCc1ccc(CN)cc1. The van der Waals surface area contributed by atoms with Crippen LogP contribution in [0.25, 0.3) is 0 Å². The molecule has 84 valence electrons. The molecule has 0 bridgehead atoms. The van der Waals surface area contributed by atoms with Crippen molar-refractivity contribution in [1.82, 2.24) is 5.32 Å². The van der Waals surface area contributed by atoms with Gasteiger partial charge < -0.3 is 11.1 Å². The quantitative estimate of drug-likeness (QED) is 0.701. The fourth-order valence-corrected chi connectivity index (χ4v) is 1.42. The summed E-state index contributed by atoms with van der Waals surface area (Å²) in [5, 5.41) is 3.44. The Kier molecular flexibility index (Phi) is 5.37. The van der Waals surface area contributed by atoms with E-state index in [9.17, 15) is 0 Å². The van der Waals surface area contributed by atoms with E-state index in [1.54, 1.807) is 0 Å². The van der Waals surface area contributed by atoms with Gasteiger partial charge in [0.1, 0.15) is 0 Å². The highest BCUT2D eigenvalue weighted by Crippen LogP contribution is 2.03. The monoisotopic (exact) mass is 206 g/mol. The fraction of sp³-hybridized carbons (Fsp3) is 0.538. The van der Waals surface area contributed by atoms with Crippen molar-refractivity contribution in [2.45, 2.75) is 33.4 Å². The van der Waals surface area contributed by atoms with Crippen LogP contribution in [0.2, 0.25) is 0 Å². The number of nitrogens with one attached hydrogen (secondary N) is 1. The molecule has 0 atom stereocenters. The van der Waals surface area contributed by atoms with Crippen molar-refractivity contribution in [2.24, 2.45) is 11.7 Å². The van der Waals surface area contributed by atoms with Crippen LogP contribution in [-0.2, 0) is 13.1 Å². The molecule has 0 amide bonds. The fourth-order valence-electron chi connectivity index (χ4n) is 1.42. The lowest BCUT2D eigenvalue weighted by Crippen LogP contribution is -2.16. The summed E-state index contributed by atoms with van der Waals surface area (Å²) in [4.78, 5) is 0. The Morgan fingerprint density at radius 3 is 2.27 bits per heavy atom. The average Bonchev–Trinajstić information content (AvgIpc) is 2.25. The van der Waals surface area contributed by atoms with E-state index in [1.807, 2.05) is 0 Å². The molecule has 0 heterocycles. The number of rotatable bonds is 6. The maximum atomic E-state index is 5.54. The van der Waals surface area contributed by atoms with Crippen molar-refractivity contribution in [2.75, 3.05) is 6.54 Å². The first-order valence-corrected chi connectivity index (χ1v) is 5.71. The lowest BCUT2D eigenvalue weighted by Gasteiger charge is -2.07. The van der Waals surface area contributed by atoms with E-state index in [4.69, 9.17) is 5.73 Å². The van der Waals surface area contributed by atoms with Crippen LogP contribution in [0.1, 0.15) is 31.4 Å². The second-order valence-electron chi connectivity index (χ2n) is 4.38. The molecule has 0 aliphatic rings. The summed E-state index contributed by atoms with van der Waals surface area (Å²) < 4.78 is 0. The van der Waals surface area contributed by atoms with Gasteiger partial charge in [0, 0.05) is 13.1 Å². The topological polar surface area (TPSA) is 38.0 Å². The highest BCUT2D eigenvalue weighted by molar-refractivity contribution is 5.22. The highest BCUT2D eigenvalue weighted by atomic mass is 14.8. The van der Waals surface area contributed by atoms with Crippen LogP contribution in [0.15, 0.2) is 24.3 Å². The largest absolute Gasteiger partial charge is 0.326 e. The van der Waals surface area contributed by atoms with Gasteiger partial charge in [-0.05, 0) is 30.0 Å². The van der Waals surface area contributed by atoms with Gasteiger partial charge in [0.05, 0.1) is 0 Å². The molecule has 1 aromatic rings. The molecule has 1 rings (SSSR count). The molecule has 0 saturated heterocycles. The third-order valence-corrected chi connectivity index (χ3v) is 2.49. The second kappa shape index (κ2) is 6.59. The molecule has 2 heteroatoms. The summed E-state index contributed by atoms with van der Waals surface area (Å²) in [5.41, 5.74) is 8.06. The van der Waals surface area contributed by atoms with Crippen molar-refractivity contribution < 1.29 is 0 Å². The van der Waals surface area contributed by atoms with Crippen molar-refractivity contribution >= 4 is 0 Å². The summed E-state index contributed by atoms with van der Waals surface area (Å²) in [6.07, 6.45) is 1.24. The first kappa shape index (κ1) is 12.2. The molecule has 0 radical (unpaired) electrons. The first-order valence-electron chi connectivity index (χ1n) is 5.71. The summed E-state index contributed by atoms with van der Waals surface area (Å²) in [6.45, 7) is 7.17. The molecule has 0 saturated carbocycles. The minimum Gasteiger partial charge on any atom is -0.326 e. The molecule has 0 fully saturated rings. The van der Waals surface area contributed by atoms with Crippen LogP contribution in [-0.4, -0.2) is 6.54 Å². The summed E-state index contributed by atoms with van der Waals surface area (Å²) in [7, 11) is 0. The minimum absolute atomic E-state index is 0.626. The van der Waals surface area contributed by atoms with Crippen LogP contribution in [0, 0.1) is 5.92 Å². The van der Waals surface area contributed by atoms with Crippen LogP contribution >= 0.6 is 0 Å². The van der Waals surface area contributed by atoms with Crippen LogP contribution in [0.3, 0.4) is 0 Å². The van der Waals surface area contributed by atoms with Gasteiger partial charge in [-0.3, -0.25) is 0 Å². The molecule has 0 aromatic heterocycles. The Balaban J connectivity index is 2.25. The summed E-state index contributed by atoms with van der Waals surface area (Å²) >= 11 is 0. The molecule has 0 aliphatic carbocycles. The van der Waals surface area contributed by atoms with Gasteiger partial charge >= 0.3 is 0 Å². The molecule has 0 unspecified atom stereocenters. The number of benzene rings is 1. The Morgan fingerprint density at radius 1 is 1.13 bits per heavy atom. The Morgan fingerprint density at radius 2 is 1.73 bits per heavy atom. The van der Waals surface area contributed by atoms with E-state index in [0.717, 1.165) is 19.0 Å². The lowest BCUT2D eigenvalue weighted by atomic mass is 10.1. The molecule has 15 heavy (non-hydrogen) atoms. The third kappa shape index (κ3) is 4.96. The Hall–Kier alpha value is -0.860. The lowest BCUT2D eigenvalue weighted by molar-refractivity contribution is 0.537. The van der Waals surface area contributed by atoms with E-state index in [-0.39, 0.29) is 0 Å². The molecular weight excluding hydrogens is 184 g/mol. The van der Waals surface area contributed by atoms with Gasteiger partial charge in [-0.15, -0.1) is 0 Å². The van der Waals surface area contributed by atoms with E-state index in [0.29, 0.717) is 6.54 Å². The number of nitrogens with two attached hydrogens (primary N) is 1. The minimum atomic E-state index is 0.626. The van der Waals surface area contributed by atoms with Crippen molar-refractivity contribution in [1.29, 1.82) is 0 Å². The van der Waals surface area contributed by atoms with E-state index in [1.165, 1.54) is 17.5 Å². The summed E-state index contributed by atoms with van der Waals surface area (Å²) in [5.74, 6) is 0.775. The molecule has 1 aromatic carbocycles. The Labute approximate surface area is 92.9 Å². The normalized spacial score (nSPS) is 10.9. The van der Waals surface area contributed by atoms with Crippen molar-refractivity contribution in [3.63, 3.8) is 0 Å². The van der Waals surface area contributed by atoms with Gasteiger partial charge in [-0.2, -0.15) is 0 Å². The van der Waals surface area contributed by atoms with Crippen molar-refractivity contribution in [3.8, 4) is 0 Å². The molecule has 3 N–H and O–H groups in total. The predicted molar refractivity (Wildman–Crippen MR) is 65.5 cm³/mol. The van der Waals surface area contributed by atoms with Gasteiger partial charge in [0.2, 0.25) is 0 Å². The summed E-state index contributed by atoms with van der Waals surface area (Å²) in [6, 6.07) is 8.48. The Bertz CT molecular complexity index is 264. The van der Waals surface area contributed by atoms with Gasteiger partial charge in [0.25, 0.3) is 0 Å². The van der Waals surface area contributed by atoms with E-state index in [2.05, 4.69) is 43.4 Å². The van der Waals surface area contributed by atoms with Crippen LogP contribution < -0.4 is 11.1 Å².